The van der Waals surface area contributed by atoms with E-state index in [4.69, 9.17) is 0 Å². The molecule has 0 N–H and O–H groups in total. The average Bonchev–Trinajstić information content (AvgIpc) is 2.61. The van der Waals surface area contributed by atoms with E-state index in [1.807, 2.05) is 31.2 Å². The lowest BCUT2D eigenvalue weighted by Gasteiger charge is -2.49. The van der Waals surface area contributed by atoms with Crippen LogP contribution in [-0.2, 0) is 21.2 Å². The van der Waals surface area contributed by atoms with Gasteiger partial charge in [-0.1, -0.05) is 67.9 Å². The van der Waals surface area contributed by atoms with Crippen LogP contribution in [0.4, 0.5) is 0 Å². The summed E-state index contributed by atoms with van der Waals surface area (Å²) in [7, 11) is -3.33. The molecule has 1 saturated heterocycles. The van der Waals surface area contributed by atoms with Gasteiger partial charge in [0.2, 0.25) is 10.0 Å². The van der Waals surface area contributed by atoms with Gasteiger partial charge in [0.15, 0.2) is 0 Å². The number of hydrogen-bond donors (Lipinski definition) is 0. The van der Waals surface area contributed by atoms with E-state index < -0.39 is 10.0 Å². The minimum Gasteiger partial charge on any atom is -0.293 e. The zero-order valence-electron chi connectivity index (χ0n) is 16.4. The molecule has 0 spiro atoms. The minimum absolute atomic E-state index is 0.0779. The van der Waals surface area contributed by atoms with Crippen molar-refractivity contribution in [3.05, 3.63) is 70.8 Å². The standard InChI is InChI=1S/C22H28N2O2S/c1-17-7-6-8-18(13-17)15-27(25,26)24-12-11-23-16-22(2,3)20-10-5-4-9-19(20)21(23)14-24/h4-10,13,21H,11-12,14-16H2,1-3H3. The van der Waals surface area contributed by atoms with E-state index in [-0.39, 0.29) is 17.2 Å². The lowest BCUT2D eigenvalue weighted by Crippen LogP contribution is -2.56. The van der Waals surface area contributed by atoms with E-state index in [0.29, 0.717) is 13.1 Å². The van der Waals surface area contributed by atoms with Crippen molar-refractivity contribution in [3.8, 4) is 0 Å². The summed E-state index contributed by atoms with van der Waals surface area (Å²) in [5, 5.41) is 0. The molecule has 27 heavy (non-hydrogen) atoms. The summed E-state index contributed by atoms with van der Waals surface area (Å²) in [6.45, 7) is 9.43. The Bertz CT molecular complexity index is 952. The molecule has 0 saturated carbocycles. The molecule has 4 nitrogen and oxygen atoms in total. The Hall–Kier alpha value is -1.69. The van der Waals surface area contributed by atoms with E-state index in [0.717, 1.165) is 24.2 Å². The summed E-state index contributed by atoms with van der Waals surface area (Å²) in [5.74, 6) is 0.0779. The first-order chi connectivity index (χ1) is 12.8. The largest absolute Gasteiger partial charge is 0.293 e. The summed E-state index contributed by atoms with van der Waals surface area (Å²) in [6, 6.07) is 16.5. The molecule has 5 heteroatoms. The first-order valence-corrected chi connectivity index (χ1v) is 11.2. The van der Waals surface area contributed by atoms with Crippen molar-refractivity contribution in [1.29, 1.82) is 0 Å². The summed E-state index contributed by atoms with van der Waals surface area (Å²) in [6.07, 6.45) is 0. The molecule has 1 unspecified atom stereocenters. The minimum atomic E-state index is -3.33. The SMILES string of the molecule is Cc1cccc(CS(=O)(=O)N2CCN3CC(C)(C)c4ccccc4C3C2)c1. The molecule has 0 aromatic heterocycles. The Labute approximate surface area is 162 Å². The maximum atomic E-state index is 13.1. The molecule has 1 atom stereocenters. The Balaban J connectivity index is 1.60. The monoisotopic (exact) mass is 384 g/mol. The second-order valence-corrected chi connectivity index (χ2v) is 10.5. The van der Waals surface area contributed by atoms with Gasteiger partial charge in [0.05, 0.1) is 5.75 Å². The van der Waals surface area contributed by atoms with Crippen molar-refractivity contribution < 1.29 is 8.42 Å². The molecule has 1 fully saturated rings. The van der Waals surface area contributed by atoms with E-state index >= 15 is 0 Å². The number of benzene rings is 2. The number of rotatable bonds is 3. The molecule has 2 aromatic rings. The van der Waals surface area contributed by atoms with Gasteiger partial charge in [0, 0.05) is 37.6 Å². The normalized spacial score (nSPS) is 22.9. The molecule has 2 heterocycles. The van der Waals surface area contributed by atoms with Crippen molar-refractivity contribution in [2.45, 2.75) is 38.0 Å². The summed E-state index contributed by atoms with van der Waals surface area (Å²) in [4.78, 5) is 2.46. The molecule has 0 amide bonds. The first kappa shape index (κ1) is 18.7. The van der Waals surface area contributed by atoms with Crippen LogP contribution in [0.1, 0.15) is 42.1 Å². The van der Waals surface area contributed by atoms with Gasteiger partial charge in [0.25, 0.3) is 0 Å². The van der Waals surface area contributed by atoms with Crippen LogP contribution < -0.4 is 0 Å². The molecule has 144 valence electrons. The van der Waals surface area contributed by atoms with Crippen LogP contribution in [0.5, 0.6) is 0 Å². The highest BCUT2D eigenvalue weighted by molar-refractivity contribution is 7.88. The fourth-order valence-corrected chi connectivity index (χ4v) is 6.14. The summed E-state index contributed by atoms with van der Waals surface area (Å²) < 4.78 is 27.9. The van der Waals surface area contributed by atoms with Crippen LogP contribution in [0.15, 0.2) is 48.5 Å². The number of fused-ring (bicyclic) bond motifs is 3. The van der Waals surface area contributed by atoms with Gasteiger partial charge in [0.1, 0.15) is 0 Å². The zero-order valence-corrected chi connectivity index (χ0v) is 17.2. The number of sulfonamides is 1. The van der Waals surface area contributed by atoms with Gasteiger partial charge in [-0.25, -0.2) is 8.42 Å². The van der Waals surface area contributed by atoms with E-state index in [1.165, 1.54) is 11.1 Å². The highest BCUT2D eigenvalue weighted by Crippen LogP contribution is 2.41. The van der Waals surface area contributed by atoms with Gasteiger partial charge in [-0.05, 0) is 23.6 Å². The van der Waals surface area contributed by atoms with Gasteiger partial charge >= 0.3 is 0 Å². The van der Waals surface area contributed by atoms with Gasteiger partial charge in [-0.2, -0.15) is 4.31 Å². The Kier molecular flexibility index (Phi) is 4.65. The molecular weight excluding hydrogens is 356 g/mol. The maximum Gasteiger partial charge on any atom is 0.218 e. The molecular formula is C22H28N2O2S. The van der Waals surface area contributed by atoms with E-state index in [9.17, 15) is 8.42 Å². The Morgan fingerprint density at radius 1 is 1.07 bits per heavy atom. The number of piperazine rings is 1. The van der Waals surface area contributed by atoms with Crippen molar-refractivity contribution in [2.75, 3.05) is 26.2 Å². The van der Waals surface area contributed by atoms with Crippen molar-refractivity contribution >= 4 is 10.0 Å². The third-order valence-electron chi connectivity index (χ3n) is 5.93. The first-order valence-electron chi connectivity index (χ1n) is 9.63. The predicted octanol–water partition coefficient (Wildman–Crippen LogP) is 3.47. The molecule has 0 bridgehead atoms. The van der Waals surface area contributed by atoms with E-state index in [1.54, 1.807) is 4.31 Å². The van der Waals surface area contributed by atoms with Crippen LogP contribution in [0.2, 0.25) is 0 Å². The Morgan fingerprint density at radius 2 is 1.85 bits per heavy atom. The summed E-state index contributed by atoms with van der Waals surface area (Å²) >= 11 is 0. The predicted molar refractivity (Wildman–Crippen MR) is 109 cm³/mol. The van der Waals surface area contributed by atoms with Crippen LogP contribution in [0, 0.1) is 6.92 Å². The highest BCUT2D eigenvalue weighted by atomic mass is 32.2. The fourth-order valence-electron chi connectivity index (χ4n) is 4.63. The second kappa shape index (κ2) is 6.73. The van der Waals surface area contributed by atoms with E-state index in [2.05, 4.69) is 43.0 Å². The maximum absolute atomic E-state index is 13.1. The number of hydrogen-bond acceptors (Lipinski definition) is 3. The Morgan fingerprint density at radius 3 is 2.63 bits per heavy atom. The quantitative estimate of drug-likeness (QED) is 0.814. The average molecular weight is 385 g/mol. The number of nitrogens with zero attached hydrogens (tertiary/aromatic N) is 2. The molecule has 4 rings (SSSR count). The topological polar surface area (TPSA) is 40.6 Å². The molecule has 0 radical (unpaired) electrons. The smallest absolute Gasteiger partial charge is 0.218 e. The van der Waals surface area contributed by atoms with Gasteiger partial charge < -0.3 is 0 Å². The number of aryl methyl sites for hydroxylation is 1. The van der Waals surface area contributed by atoms with Crippen molar-refractivity contribution in [2.24, 2.45) is 0 Å². The summed E-state index contributed by atoms with van der Waals surface area (Å²) in [5.41, 5.74) is 4.68. The lowest BCUT2D eigenvalue weighted by molar-refractivity contribution is 0.0807. The molecule has 2 aromatic carbocycles. The van der Waals surface area contributed by atoms with Gasteiger partial charge in [-0.15, -0.1) is 0 Å². The third-order valence-corrected chi connectivity index (χ3v) is 7.74. The molecule has 0 aliphatic carbocycles. The van der Waals surface area contributed by atoms with Crippen LogP contribution in [0.3, 0.4) is 0 Å². The fraction of sp³-hybridized carbons (Fsp3) is 0.455. The lowest BCUT2D eigenvalue weighted by atomic mass is 9.75. The molecule has 2 aliphatic heterocycles. The molecule has 2 aliphatic rings. The highest BCUT2D eigenvalue weighted by Gasteiger charge is 2.42. The second-order valence-electron chi connectivity index (χ2n) is 8.56. The zero-order chi connectivity index (χ0) is 19.2. The van der Waals surface area contributed by atoms with Crippen LogP contribution in [0.25, 0.3) is 0 Å². The van der Waals surface area contributed by atoms with Crippen LogP contribution >= 0.6 is 0 Å². The van der Waals surface area contributed by atoms with Crippen molar-refractivity contribution in [1.82, 2.24) is 9.21 Å². The van der Waals surface area contributed by atoms with Gasteiger partial charge in [-0.3, -0.25) is 4.90 Å². The third kappa shape index (κ3) is 3.56. The van der Waals surface area contributed by atoms with Crippen LogP contribution in [-0.4, -0.2) is 43.8 Å². The van der Waals surface area contributed by atoms with Crippen molar-refractivity contribution in [3.63, 3.8) is 0 Å².